The van der Waals surface area contributed by atoms with Gasteiger partial charge in [-0.25, -0.2) is 4.98 Å². The number of carbonyl (C=O) groups is 2. The fourth-order valence-electron chi connectivity index (χ4n) is 4.10. The topological polar surface area (TPSA) is 84.7 Å². The van der Waals surface area contributed by atoms with Gasteiger partial charge < -0.3 is 19.3 Å². The third-order valence-electron chi connectivity index (χ3n) is 5.63. The van der Waals surface area contributed by atoms with Gasteiger partial charge in [-0.2, -0.15) is 0 Å². The van der Waals surface area contributed by atoms with Crippen LogP contribution >= 0.6 is 0 Å². The summed E-state index contributed by atoms with van der Waals surface area (Å²) in [4.78, 5) is 30.9. The highest BCUT2D eigenvalue weighted by atomic mass is 16.5. The van der Waals surface area contributed by atoms with Crippen LogP contribution in [0.4, 0.5) is 0 Å². The van der Waals surface area contributed by atoms with E-state index in [1.807, 2.05) is 69.3 Å². The number of ether oxygens (including phenoxy) is 1. The lowest BCUT2D eigenvalue weighted by Gasteiger charge is -2.21. The maximum absolute atomic E-state index is 13.4. The minimum absolute atomic E-state index is 0.0129. The van der Waals surface area contributed by atoms with E-state index >= 15 is 0 Å². The van der Waals surface area contributed by atoms with Crippen molar-refractivity contribution in [3.8, 4) is 5.75 Å². The summed E-state index contributed by atoms with van der Waals surface area (Å²) < 4.78 is 7.84. The molecule has 1 aromatic heterocycles. The zero-order chi connectivity index (χ0) is 24.9. The molecule has 1 heterocycles. The molecule has 1 N–H and O–H groups in total. The number of aryl methyl sites for hydroxylation is 1. The van der Waals surface area contributed by atoms with Crippen LogP contribution in [0.5, 0.6) is 5.75 Å². The molecule has 0 radical (unpaired) electrons. The minimum atomic E-state index is -1.07. The molecule has 35 heavy (non-hydrogen) atoms. The van der Waals surface area contributed by atoms with Crippen molar-refractivity contribution >= 4 is 22.9 Å². The van der Waals surface area contributed by atoms with E-state index in [2.05, 4.69) is 21.7 Å². The lowest BCUT2D eigenvalue weighted by molar-refractivity contribution is -0.137. The Morgan fingerprint density at radius 2 is 1.74 bits per heavy atom. The minimum Gasteiger partial charge on any atom is -0.491 e. The van der Waals surface area contributed by atoms with Crippen LogP contribution in [0.3, 0.4) is 0 Å². The van der Waals surface area contributed by atoms with Crippen molar-refractivity contribution in [3.05, 3.63) is 95.3 Å². The molecule has 4 aromatic rings. The molecule has 7 heteroatoms. The summed E-state index contributed by atoms with van der Waals surface area (Å²) in [5.74, 6) is 0.0932. The van der Waals surface area contributed by atoms with Crippen LogP contribution in [0.1, 0.15) is 41.2 Å². The van der Waals surface area contributed by atoms with Crippen LogP contribution in [0, 0.1) is 6.92 Å². The molecule has 0 fully saturated rings. The molecule has 0 aliphatic heterocycles. The van der Waals surface area contributed by atoms with Gasteiger partial charge in [0.2, 0.25) is 0 Å². The van der Waals surface area contributed by atoms with Crippen molar-refractivity contribution in [1.82, 2.24) is 14.5 Å². The number of hydrogen-bond donors (Lipinski definition) is 1. The maximum atomic E-state index is 13.4. The van der Waals surface area contributed by atoms with E-state index in [-0.39, 0.29) is 18.6 Å². The highest BCUT2D eigenvalue weighted by Gasteiger charge is 2.21. The number of carboxylic acid groups (broad SMARTS) is 1. The molecular weight excluding hydrogens is 442 g/mol. The molecule has 0 atom stereocenters. The van der Waals surface area contributed by atoms with Crippen LogP contribution in [-0.4, -0.2) is 44.1 Å². The van der Waals surface area contributed by atoms with Gasteiger partial charge in [-0.1, -0.05) is 42.5 Å². The Balaban J connectivity index is 1.60. The van der Waals surface area contributed by atoms with E-state index in [1.165, 1.54) is 4.90 Å². The van der Waals surface area contributed by atoms with E-state index in [4.69, 9.17) is 4.74 Å². The zero-order valence-corrected chi connectivity index (χ0v) is 20.1. The van der Waals surface area contributed by atoms with E-state index in [0.29, 0.717) is 23.4 Å². The smallest absolute Gasteiger partial charge is 0.323 e. The summed E-state index contributed by atoms with van der Waals surface area (Å²) in [5.41, 5.74) is 3.98. The molecule has 0 unspecified atom stereocenters. The summed E-state index contributed by atoms with van der Waals surface area (Å²) in [6, 6.07) is 22.8. The SMILES string of the molecule is Cc1nc2cc(C(=O)N(CC(=O)O)Cc3cccc(OC(C)C)c3)ccc2n1Cc1ccccc1. The fourth-order valence-corrected chi connectivity index (χ4v) is 4.10. The van der Waals surface area contributed by atoms with Crippen molar-refractivity contribution in [2.45, 2.75) is 40.0 Å². The number of aromatic nitrogens is 2. The van der Waals surface area contributed by atoms with Gasteiger partial charge in [-0.3, -0.25) is 9.59 Å². The number of benzene rings is 3. The second-order valence-corrected chi connectivity index (χ2v) is 8.80. The molecule has 180 valence electrons. The van der Waals surface area contributed by atoms with Gasteiger partial charge in [0.25, 0.3) is 5.91 Å². The molecule has 0 aliphatic rings. The Kier molecular flexibility index (Phi) is 7.15. The first-order chi connectivity index (χ1) is 16.8. The van der Waals surface area contributed by atoms with E-state index in [0.717, 1.165) is 22.5 Å². The number of fused-ring (bicyclic) bond motifs is 1. The number of carboxylic acids is 1. The van der Waals surface area contributed by atoms with Gasteiger partial charge in [0.05, 0.1) is 17.1 Å². The standard InChI is InChI=1S/C28H29N3O4/c1-19(2)35-24-11-7-10-22(14-24)16-30(18-27(32)33)28(34)23-12-13-26-25(15-23)29-20(3)31(26)17-21-8-5-4-6-9-21/h4-15,19H,16-18H2,1-3H3,(H,32,33). The third kappa shape index (κ3) is 5.87. The lowest BCUT2D eigenvalue weighted by atomic mass is 10.1. The van der Waals surface area contributed by atoms with Gasteiger partial charge >= 0.3 is 5.97 Å². The van der Waals surface area contributed by atoms with Crippen molar-refractivity contribution in [2.24, 2.45) is 0 Å². The first-order valence-corrected chi connectivity index (χ1v) is 11.6. The lowest BCUT2D eigenvalue weighted by Crippen LogP contribution is -2.35. The highest BCUT2D eigenvalue weighted by molar-refractivity contribution is 5.98. The molecule has 0 saturated heterocycles. The van der Waals surface area contributed by atoms with Gasteiger partial charge in [-0.05, 0) is 62.2 Å². The Hall–Kier alpha value is -4.13. The average molecular weight is 472 g/mol. The molecular formula is C28H29N3O4. The first kappa shape index (κ1) is 24.0. The predicted molar refractivity (Wildman–Crippen MR) is 135 cm³/mol. The van der Waals surface area contributed by atoms with Gasteiger partial charge in [-0.15, -0.1) is 0 Å². The number of carbonyl (C=O) groups excluding carboxylic acids is 1. The molecule has 3 aromatic carbocycles. The van der Waals surface area contributed by atoms with Crippen molar-refractivity contribution in [1.29, 1.82) is 0 Å². The molecule has 0 bridgehead atoms. The Morgan fingerprint density at radius 1 is 1.00 bits per heavy atom. The van der Waals surface area contributed by atoms with E-state index in [9.17, 15) is 14.7 Å². The van der Waals surface area contributed by atoms with Crippen LogP contribution in [-0.2, 0) is 17.9 Å². The Labute approximate surface area is 204 Å². The summed E-state index contributed by atoms with van der Waals surface area (Å²) >= 11 is 0. The number of amides is 1. The monoisotopic (exact) mass is 471 g/mol. The van der Waals surface area contributed by atoms with Gasteiger partial charge in [0.15, 0.2) is 0 Å². The first-order valence-electron chi connectivity index (χ1n) is 11.6. The normalized spacial score (nSPS) is 11.1. The van der Waals surface area contributed by atoms with Gasteiger partial charge in [0, 0.05) is 18.7 Å². The molecule has 4 rings (SSSR count). The molecule has 7 nitrogen and oxygen atoms in total. The van der Waals surface area contributed by atoms with Crippen molar-refractivity contribution in [3.63, 3.8) is 0 Å². The number of hydrogen-bond acceptors (Lipinski definition) is 4. The fraction of sp³-hybridized carbons (Fsp3) is 0.250. The summed E-state index contributed by atoms with van der Waals surface area (Å²) in [6.45, 7) is 6.23. The number of aliphatic carboxylic acids is 1. The molecule has 1 amide bonds. The molecule has 0 aliphatic carbocycles. The summed E-state index contributed by atoms with van der Waals surface area (Å²) in [5, 5.41) is 9.45. The second-order valence-electron chi connectivity index (χ2n) is 8.80. The number of imidazole rings is 1. The van der Waals surface area contributed by atoms with Crippen LogP contribution < -0.4 is 4.74 Å². The van der Waals surface area contributed by atoms with Crippen LogP contribution in [0.25, 0.3) is 11.0 Å². The van der Waals surface area contributed by atoms with Crippen LogP contribution in [0.15, 0.2) is 72.8 Å². The summed E-state index contributed by atoms with van der Waals surface area (Å²) in [7, 11) is 0. The Bertz CT molecular complexity index is 1350. The predicted octanol–water partition coefficient (Wildman–Crippen LogP) is 4.91. The van der Waals surface area contributed by atoms with Gasteiger partial charge in [0.1, 0.15) is 18.1 Å². The van der Waals surface area contributed by atoms with Crippen LogP contribution in [0.2, 0.25) is 0 Å². The van der Waals surface area contributed by atoms with E-state index in [1.54, 1.807) is 12.1 Å². The molecule has 0 spiro atoms. The van der Waals surface area contributed by atoms with Crippen molar-refractivity contribution < 1.29 is 19.4 Å². The highest BCUT2D eigenvalue weighted by Crippen LogP contribution is 2.22. The zero-order valence-electron chi connectivity index (χ0n) is 20.1. The maximum Gasteiger partial charge on any atom is 0.323 e. The average Bonchev–Trinajstić information content (AvgIpc) is 3.12. The molecule has 0 saturated carbocycles. The second kappa shape index (κ2) is 10.4. The quantitative estimate of drug-likeness (QED) is 0.375. The number of rotatable bonds is 9. The van der Waals surface area contributed by atoms with E-state index < -0.39 is 12.5 Å². The largest absolute Gasteiger partial charge is 0.491 e. The Morgan fingerprint density at radius 3 is 2.46 bits per heavy atom. The summed E-state index contributed by atoms with van der Waals surface area (Å²) in [6.07, 6.45) is 0.0129. The van der Waals surface area contributed by atoms with Crippen molar-refractivity contribution in [2.75, 3.05) is 6.54 Å². The number of nitrogens with zero attached hydrogens (tertiary/aromatic N) is 3. The third-order valence-corrected chi connectivity index (χ3v) is 5.63.